The zero-order valence-electron chi connectivity index (χ0n) is 25.7. The lowest BCUT2D eigenvalue weighted by Gasteiger charge is -2.46. The third kappa shape index (κ3) is 19.2. The molecule has 0 aromatic heterocycles. The Bertz CT molecular complexity index is 544. The molecule has 1 fully saturated rings. The predicted octanol–water partition coefficient (Wildman–Crippen LogP) is 9.83. The van der Waals surface area contributed by atoms with E-state index >= 15 is 0 Å². The molecular formula is C33H65NO3. The number of hydrogen-bond acceptors (Lipinski definition) is 3. The van der Waals surface area contributed by atoms with Gasteiger partial charge in [-0.25, -0.2) is 4.79 Å². The minimum atomic E-state index is -0.787. The van der Waals surface area contributed by atoms with Gasteiger partial charge in [-0.2, -0.15) is 0 Å². The van der Waals surface area contributed by atoms with Crippen molar-refractivity contribution < 1.29 is 14.6 Å². The molecule has 37 heavy (non-hydrogen) atoms. The second kappa shape index (κ2) is 20.3. The molecule has 1 unspecified atom stereocenters. The van der Waals surface area contributed by atoms with Crippen molar-refractivity contribution >= 4 is 5.97 Å². The zero-order chi connectivity index (χ0) is 27.4. The van der Waals surface area contributed by atoms with Crippen molar-refractivity contribution in [3.8, 4) is 0 Å². The van der Waals surface area contributed by atoms with Gasteiger partial charge < -0.3 is 15.2 Å². The number of hydrogen-bond donors (Lipinski definition) is 2. The van der Waals surface area contributed by atoms with E-state index in [0.717, 1.165) is 31.6 Å². The molecule has 1 aliphatic heterocycles. The first kappa shape index (κ1) is 34.4. The third-order valence-corrected chi connectivity index (χ3v) is 8.20. The van der Waals surface area contributed by atoms with Crippen molar-refractivity contribution in [3.05, 3.63) is 0 Å². The van der Waals surface area contributed by atoms with Crippen LogP contribution < -0.4 is 5.32 Å². The van der Waals surface area contributed by atoms with Crippen LogP contribution in [0.3, 0.4) is 0 Å². The standard InChI is InChI=1S/C33H65NO3/c1-6-7-8-9-20-23-26-37-30(31(35)36)25-22-19-17-15-13-11-10-12-14-16-18-21-24-29-27-32(2,3)34-33(4,5)28-29/h29-30,34H,6-28H2,1-5H3,(H,35,36). The Morgan fingerprint density at radius 2 is 1.16 bits per heavy atom. The summed E-state index contributed by atoms with van der Waals surface area (Å²) in [4.78, 5) is 11.4. The van der Waals surface area contributed by atoms with Gasteiger partial charge in [-0.3, -0.25) is 0 Å². The van der Waals surface area contributed by atoms with E-state index in [2.05, 4.69) is 39.9 Å². The lowest BCUT2D eigenvalue weighted by molar-refractivity contribution is -0.151. The van der Waals surface area contributed by atoms with E-state index in [9.17, 15) is 9.90 Å². The van der Waals surface area contributed by atoms with Crippen molar-refractivity contribution in [2.24, 2.45) is 5.92 Å². The Balaban J connectivity index is 1.89. The molecule has 2 N–H and O–H groups in total. The summed E-state index contributed by atoms with van der Waals surface area (Å²) in [5.74, 6) is 0.101. The molecular weight excluding hydrogens is 458 g/mol. The topological polar surface area (TPSA) is 58.6 Å². The van der Waals surface area contributed by atoms with Gasteiger partial charge in [0.15, 0.2) is 6.10 Å². The lowest BCUT2D eigenvalue weighted by Crippen LogP contribution is -2.57. The van der Waals surface area contributed by atoms with Gasteiger partial charge in [0, 0.05) is 17.7 Å². The van der Waals surface area contributed by atoms with Crippen molar-refractivity contribution in [1.29, 1.82) is 0 Å². The molecule has 4 nitrogen and oxygen atoms in total. The van der Waals surface area contributed by atoms with Crippen LogP contribution >= 0.6 is 0 Å². The molecule has 1 heterocycles. The Morgan fingerprint density at radius 1 is 0.730 bits per heavy atom. The van der Waals surface area contributed by atoms with Crippen LogP contribution in [0.25, 0.3) is 0 Å². The zero-order valence-corrected chi connectivity index (χ0v) is 25.7. The predicted molar refractivity (Wildman–Crippen MR) is 159 cm³/mol. The van der Waals surface area contributed by atoms with E-state index in [1.54, 1.807) is 0 Å². The minimum absolute atomic E-state index is 0.286. The minimum Gasteiger partial charge on any atom is -0.479 e. The Morgan fingerprint density at radius 3 is 1.65 bits per heavy atom. The molecule has 0 amide bonds. The average molecular weight is 524 g/mol. The number of unbranched alkanes of at least 4 members (excludes halogenated alkanes) is 16. The summed E-state index contributed by atoms with van der Waals surface area (Å²) >= 11 is 0. The summed E-state index contributed by atoms with van der Waals surface area (Å²) in [5.41, 5.74) is 0.573. The fourth-order valence-electron chi connectivity index (χ4n) is 6.65. The maximum absolute atomic E-state index is 11.4. The summed E-state index contributed by atoms with van der Waals surface area (Å²) in [5, 5.41) is 13.2. The number of piperidine rings is 1. The Labute approximate surface area is 231 Å². The van der Waals surface area contributed by atoms with Crippen molar-refractivity contribution in [1.82, 2.24) is 5.32 Å². The maximum atomic E-state index is 11.4. The lowest BCUT2D eigenvalue weighted by atomic mass is 9.74. The quantitative estimate of drug-likeness (QED) is 0.124. The number of carboxylic acids is 1. The second-order valence-corrected chi connectivity index (χ2v) is 13.5. The van der Waals surface area contributed by atoms with Gasteiger partial charge >= 0.3 is 5.97 Å². The molecule has 0 aromatic carbocycles. The van der Waals surface area contributed by atoms with Crippen LogP contribution in [0, 0.1) is 5.92 Å². The average Bonchev–Trinajstić information content (AvgIpc) is 2.80. The van der Waals surface area contributed by atoms with Crippen molar-refractivity contribution in [2.75, 3.05) is 6.61 Å². The Hall–Kier alpha value is -0.610. The van der Waals surface area contributed by atoms with Gasteiger partial charge in [-0.1, -0.05) is 122 Å². The highest BCUT2D eigenvalue weighted by Crippen LogP contribution is 2.35. The van der Waals surface area contributed by atoms with Crippen LogP contribution in [0.5, 0.6) is 0 Å². The summed E-state index contributed by atoms with van der Waals surface area (Å²) in [6.45, 7) is 12.3. The van der Waals surface area contributed by atoms with Crippen LogP contribution in [-0.2, 0) is 9.53 Å². The van der Waals surface area contributed by atoms with Crippen LogP contribution in [0.1, 0.15) is 176 Å². The fourth-order valence-corrected chi connectivity index (χ4v) is 6.65. The van der Waals surface area contributed by atoms with Gasteiger partial charge in [0.05, 0.1) is 0 Å². The van der Waals surface area contributed by atoms with Crippen LogP contribution in [0.15, 0.2) is 0 Å². The van der Waals surface area contributed by atoms with Gasteiger partial charge in [0.2, 0.25) is 0 Å². The largest absolute Gasteiger partial charge is 0.479 e. The molecule has 1 aliphatic rings. The first-order chi connectivity index (χ1) is 17.7. The number of carbonyl (C=O) groups is 1. The smallest absolute Gasteiger partial charge is 0.332 e. The van der Waals surface area contributed by atoms with E-state index < -0.39 is 12.1 Å². The molecule has 1 atom stereocenters. The SMILES string of the molecule is CCCCCCCCOC(CCCCCCCCCCCCCCC1CC(C)(C)NC(C)(C)C1)C(=O)O. The summed E-state index contributed by atoms with van der Waals surface area (Å²) in [7, 11) is 0. The van der Waals surface area contributed by atoms with Gasteiger partial charge in [0.25, 0.3) is 0 Å². The van der Waals surface area contributed by atoms with Crippen molar-refractivity contribution in [2.45, 2.75) is 193 Å². The molecule has 0 aliphatic carbocycles. The summed E-state index contributed by atoms with van der Waals surface area (Å²) in [6.07, 6.45) is 27.1. The highest BCUT2D eigenvalue weighted by molar-refractivity contribution is 5.72. The molecule has 1 rings (SSSR count). The number of carboxylic acid groups (broad SMARTS) is 1. The first-order valence-electron chi connectivity index (χ1n) is 16.3. The third-order valence-electron chi connectivity index (χ3n) is 8.20. The molecule has 0 spiro atoms. The van der Waals surface area contributed by atoms with Gasteiger partial charge in [-0.05, 0) is 59.3 Å². The molecule has 0 aromatic rings. The maximum Gasteiger partial charge on any atom is 0.332 e. The first-order valence-corrected chi connectivity index (χ1v) is 16.3. The van der Waals surface area contributed by atoms with E-state index in [0.29, 0.717) is 13.0 Å². The van der Waals surface area contributed by atoms with Crippen LogP contribution in [-0.4, -0.2) is 34.9 Å². The fraction of sp³-hybridized carbons (Fsp3) is 0.970. The molecule has 0 bridgehead atoms. The Kier molecular flexibility index (Phi) is 18.9. The molecule has 220 valence electrons. The molecule has 1 saturated heterocycles. The summed E-state index contributed by atoms with van der Waals surface area (Å²) in [6, 6.07) is 0. The van der Waals surface area contributed by atoms with E-state index in [-0.39, 0.29) is 11.1 Å². The monoisotopic (exact) mass is 523 g/mol. The number of rotatable bonds is 24. The van der Waals surface area contributed by atoms with E-state index in [4.69, 9.17) is 4.74 Å². The van der Waals surface area contributed by atoms with Crippen LogP contribution in [0.2, 0.25) is 0 Å². The van der Waals surface area contributed by atoms with Crippen molar-refractivity contribution in [3.63, 3.8) is 0 Å². The molecule has 0 saturated carbocycles. The highest BCUT2D eigenvalue weighted by atomic mass is 16.5. The normalized spacial score (nSPS) is 18.2. The number of aliphatic carboxylic acids is 1. The van der Waals surface area contributed by atoms with E-state index in [1.165, 1.54) is 109 Å². The highest BCUT2D eigenvalue weighted by Gasteiger charge is 2.37. The van der Waals surface area contributed by atoms with Crippen LogP contribution in [0.4, 0.5) is 0 Å². The molecule has 0 radical (unpaired) electrons. The second-order valence-electron chi connectivity index (χ2n) is 13.5. The van der Waals surface area contributed by atoms with Gasteiger partial charge in [0.1, 0.15) is 0 Å². The number of nitrogens with one attached hydrogen (secondary N) is 1. The summed E-state index contributed by atoms with van der Waals surface area (Å²) < 4.78 is 5.66. The number of ether oxygens (including phenoxy) is 1. The van der Waals surface area contributed by atoms with Gasteiger partial charge in [-0.15, -0.1) is 0 Å². The van der Waals surface area contributed by atoms with E-state index in [1.807, 2.05) is 0 Å². The molecule has 4 heteroatoms.